The van der Waals surface area contributed by atoms with Crippen LogP contribution in [0.4, 0.5) is 0 Å². The number of nitrogens with one attached hydrogen (secondary N) is 1. The molecule has 0 saturated heterocycles. The Hall–Kier alpha value is -2.18. The zero-order valence-electron chi connectivity index (χ0n) is 13.5. The van der Waals surface area contributed by atoms with Gasteiger partial charge in [0.1, 0.15) is 12.4 Å². The third-order valence-corrected chi connectivity index (χ3v) is 4.00. The molecule has 0 saturated carbocycles. The third-order valence-electron chi connectivity index (χ3n) is 3.18. The average Bonchev–Trinajstić information content (AvgIpc) is 2.61. The molecule has 0 fully saturated rings. The van der Waals surface area contributed by atoms with E-state index in [0.717, 1.165) is 23.9 Å². The van der Waals surface area contributed by atoms with Crippen molar-refractivity contribution in [3.8, 4) is 5.75 Å². The minimum absolute atomic E-state index is 0.0536. The number of nitrogens with zero attached hydrogens (tertiary/aromatic N) is 1. The molecular formula is C18H20N2O3S. The Morgan fingerprint density at radius 2 is 2.00 bits per heavy atom. The van der Waals surface area contributed by atoms with Gasteiger partial charge in [0.05, 0.1) is 5.75 Å². The van der Waals surface area contributed by atoms with E-state index < -0.39 is 0 Å². The third kappa shape index (κ3) is 6.52. The van der Waals surface area contributed by atoms with Crippen molar-refractivity contribution in [1.29, 1.82) is 0 Å². The number of hydrogen-bond donors (Lipinski definition) is 1. The number of ketones is 1. The Balaban J connectivity index is 1.68. The zero-order chi connectivity index (χ0) is 17.2. The van der Waals surface area contributed by atoms with Gasteiger partial charge in [-0.3, -0.25) is 14.6 Å². The Kier molecular flexibility index (Phi) is 7.45. The fourth-order valence-corrected chi connectivity index (χ4v) is 2.47. The van der Waals surface area contributed by atoms with E-state index in [0.29, 0.717) is 24.5 Å². The number of hydrogen-bond acceptors (Lipinski definition) is 6. The predicted octanol–water partition coefficient (Wildman–Crippen LogP) is 2.71. The minimum atomic E-state index is -0.0557. The maximum Gasteiger partial charge on any atom is 0.186 e. The van der Waals surface area contributed by atoms with Crippen LogP contribution in [-0.4, -0.2) is 34.8 Å². The lowest BCUT2D eigenvalue weighted by Crippen LogP contribution is -2.20. The number of Topliss-reactive ketones (excluding diaryl/α,β-unsaturated/α-hetero) is 1. The van der Waals surface area contributed by atoms with Crippen LogP contribution < -0.4 is 10.1 Å². The van der Waals surface area contributed by atoms with Crippen LogP contribution in [0.3, 0.4) is 0 Å². The standard InChI is InChI=1S/C18H20N2O3S/c1-14(21)24-13-18(22)16-4-6-17(7-5-16)23-10-9-20-12-15-3-2-8-19-11-15/h2-8,11,20H,9-10,12-13H2,1H3. The second-order valence-corrected chi connectivity index (χ2v) is 6.27. The Morgan fingerprint density at radius 1 is 1.21 bits per heavy atom. The van der Waals surface area contributed by atoms with Crippen LogP contribution >= 0.6 is 11.8 Å². The molecule has 0 bridgehead atoms. The molecule has 6 heteroatoms. The highest BCUT2D eigenvalue weighted by Crippen LogP contribution is 2.14. The van der Waals surface area contributed by atoms with Crippen LogP contribution in [0.5, 0.6) is 5.75 Å². The van der Waals surface area contributed by atoms with Crippen molar-refractivity contribution >= 4 is 22.7 Å². The molecule has 1 heterocycles. The molecule has 0 amide bonds. The number of benzene rings is 1. The highest BCUT2D eigenvalue weighted by molar-refractivity contribution is 8.14. The van der Waals surface area contributed by atoms with Crippen LogP contribution in [0.1, 0.15) is 22.8 Å². The second kappa shape index (κ2) is 9.85. The van der Waals surface area contributed by atoms with Crippen molar-refractivity contribution < 1.29 is 14.3 Å². The van der Waals surface area contributed by atoms with Gasteiger partial charge in [-0.05, 0) is 35.9 Å². The molecular weight excluding hydrogens is 324 g/mol. The van der Waals surface area contributed by atoms with E-state index in [1.807, 2.05) is 18.3 Å². The number of pyridine rings is 1. The lowest BCUT2D eigenvalue weighted by atomic mass is 10.1. The summed E-state index contributed by atoms with van der Waals surface area (Å²) in [7, 11) is 0. The Labute approximate surface area is 145 Å². The number of ether oxygens (including phenoxy) is 1. The fourth-order valence-electron chi connectivity index (χ4n) is 1.96. The summed E-state index contributed by atoms with van der Waals surface area (Å²) in [4.78, 5) is 26.8. The van der Waals surface area contributed by atoms with Gasteiger partial charge in [-0.1, -0.05) is 17.8 Å². The topological polar surface area (TPSA) is 68.3 Å². The molecule has 1 N–H and O–H groups in total. The molecule has 0 atom stereocenters. The van der Waals surface area contributed by atoms with Crippen molar-refractivity contribution in [3.63, 3.8) is 0 Å². The molecule has 0 aliphatic rings. The number of aromatic nitrogens is 1. The van der Waals surface area contributed by atoms with Gasteiger partial charge in [0.15, 0.2) is 10.9 Å². The summed E-state index contributed by atoms with van der Waals surface area (Å²) in [5.74, 6) is 0.835. The summed E-state index contributed by atoms with van der Waals surface area (Å²) in [6.07, 6.45) is 3.58. The van der Waals surface area contributed by atoms with Crippen molar-refractivity contribution in [2.45, 2.75) is 13.5 Å². The molecule has 0 aliphatic heterocycles. The first-order chi connectivity index (χ1) is 11.6. The molecule has 0 spiro atoms. The molecule has 0 aliphatic carbocycles. The smallest absolute Gasteiger partial charge is 0.186 e. The summed E-state index contributed by atoms with van der Waals surface area (Å²) in [5.41, 5.74) is 1.72. The first kappa shape index (κ1) is 18.2. The molecule has 5 nitrogen and oxygen atoms in total. The fraction of sp³-hybridized carbons (Fsp3) is 0.278. The molecule has 0 unspecified atom stereocenters. The van der Waals surface area contributed by atoms with Crippen molar-refractivity contribution in [2.24, 2.45) is 0 Å². The van der Waals surface area contributed by atoms with Crippen LogP contribution in [0, 0.1) is 0 Å². The number of carbonyl (C=O) groups is 2. The van der Waals surface area contributed by atoms with Crippen LogP contribution in [-0.2, 0) is 11.3 Å². The van der Waals surface area contributed by atoms with Gasteiger partial charge >= 0.3 is 0 Å². The molecule has 1 aromatic carbocycles. The van der Waals surface area contributed by atoms with E-state index in [4.69, 9.17) is 4.74 Å². The van der Waals surface area contributed by atoms with E-state index in [1.54, 1.807) is 30.5 Å². The SMILES string of the molecule is CC(=O)SCC(=O)c1ccc(OCCNCc2cccnc2)cc1. The van der Waals surface area contributed by atoms with Gasteiger partial charge in [-0.25, -0.2) is 0 Å². The largest absolute Gasteiger partial charge is 0.492 e. The van der Waals surface area contributed by atoms with Gasteiger partial charge in [0, 0.05) is 38.0 Å². The summed E-state index contributed by atoms with van der Waals surface area (Å²) in [6, 6.07) is 10.9. The van der Waals surface area contributed by atoms with Crippen LogP contribution in [0.15, 0.2) is 48.8 Å². The normalized spacial score (nSPS) is 10.4. The van der Waals surface area contributed by atoms with Crippen molar-refractivity contribution in [2.75, 3.05) is 18.9 Å². The summed E-state index contributed by atoms with van der Waals surface area (Å²) < 4.78 is 5.63. The van der Waals surface area contributed by atoms with Gasteiger partial charge in [0.25, 0.3) is 0 Å². The highest BCUT2D eigenvalue weighted by Gasteiger charge is 2.07. The maximum absolute atomic E-state index is 11.9. The molecule has 126 valence electrons. The van der Waals surface area contributed by atoms with Crippen LogP contribution in [0.2, 0.25) is 0 Å². The molecule has 24 heavy (non-hydrogen) atoms. The molecule has 0 radical (unpaired) electrons. The van der Waals surface area contributed by atoms with E-state index in [1.165, 1.54) is 6.92 Å². The maximum atomic E-state index is 11.9. The Bertz CT molecular complexity index is 660. The number of rotatable bonds is 9. The van der Waals surface area contributed by atoms with E-state index >= 15 is 0 Å². The minimum Gasteiger partial charge on any atom is -0.492 e. The van der Waals surface area contributed by atoms with Crippen LogP contribution in [0.25, 0.3) is 0 Å². The highest BCUT2D eigenvalue weighted by atomic mass is 32.2. The van der Waals surface area contributed by atoms with E-state index in [2.05, 4.69) is 10.3 Å². The monoisotopic (exact) mass is 344 g/mol. The molecule has 2 aromatic rings. The lowest BCUT2D eigenvalue weighted by Gasteiger charge is -2.08. The summed E-state index contributed by atoms with van der Waals surface area (Å²) in [6.45, 7) is 3.45. The van der Waals surface area contributed by atoms with Gasteiger partial charge in [0.2, 0.25) is 0 Å². The van der Waals surface area contributed by atoms with Gasteiger partial charge in [-0.15, -0.1) is 0 Å². The quantitative estimate of drug-likeness (QED) is 0.557. The summed E-state index contributed by atoms with van der Waals surface area (Å²) in [5, 5.41) is 3.22. The number of carbonyl (C=O) groups excluding carboxylic acids is 2. The first-order valence-corrected chi connectivity index (χ1v) is 8.63. The van der Waals surface area contributed by atoms with Gasteiger partial charge < -0.3 is 10.1 Å². The predicted molar refractivity (Wildman–Crippen MR) is 95.4 cm³/mol. The first-order valence-electron chi connectivity index (χ1n) is 7.64. The molecule has 1 aromatic heterocycles. The zero-order valence-corrected chi connectivity index (χ0v) is 14.3. The summed E-state index contributed by atoms with van der Waals surface area (Å²) >= 11 is 1.02. The van der Waals surface area contributed by atoms with E-state index in [-0.39, 0.29) is 16.7 Å². The van der Waals surface area contributed by atoms with Gasteiger partial charge in [-0.2, -0.15) is 0 Å². The second-order valence-electron chi connectivity index (χ2n) is 5.11. The van der Waals surface area contributed by atoms with E-state index in [9.17, 15) is 9.59 Å². The van der Waals surface area contributed by atoms with Crippen molar-refractivity contribution in [1.82, 2.24) is 10.3 Å². The molecule has 2 rings (SSSR count). The van der Waals surface area contributed by atoms with Crippen molar-refractivity contribution in [3.05, 3.63) is 59.9 Å². The Morgan fingerprint density at radius 3 is 2.67 bits per heavy atom. The number of thioether (sulfide) groups is 1. The lowest BCUT2D eigenvalue weighted by molar-refractivity contribution is -0.109. The average molecular weight is 344 g/mol.